The largest absolute Gasteiger partial charge is 0.454 e. The average Bonchev–Trinajstić information content (AvgIpc) is 1.49. The zero-order valence-corrected chi connectivity index (χ0v) is 48.4. The van der Waals surface area contributed by atoms with Gasteiger partial charge in [-0.2, -0.15) is 0 Å². The minimum atomic E-state index is -0.661. The van der Waals surface area contributed by atoms with Crippen molar-refractivity contribution in [2.45, 2.75) is 11.3 Å². The van der Waals surface area contributed by atoms with Gasteiger partial charge in [0.25, 0.3) is 0 Å². The third-order valence-corrected chi connectivity index (χ3v) is 19.7. The first kappa shape index (κ1) is 49.8. The summed E-state index contributed by atoms with van der Waals surface area (Å²) < 4.78 is 14.1. The Bertz CT molecular complexity index is 5670. The second kappa shape index (κ2) is 19.3. The van der Waals surface area contributed by atoms with Gasteiger partial charge >= 0.3 is 0 Å². The SMILES string of the molecule is C1=CC2c3ccccc3C3(c4cc(N(c5ccccc5-c5ccccc5)c5cccc6c5oc5ccccc56)c5ccccc5c4-c4c3c3ccc(N(c5ccccc5-c5ccccc5)c5cccc6c5oc5ccccc56)cc3c3ccccc43)C2C=C1. The van der Waals surface area contributed by atoms with Crippen molar-refractivity contribution in [3.8, 4) is 33.4 Å². The van der Waals surface area contributed by atoms with E-state index in [2.05, 4.69) is 325 Å². The molecular weight excluding hydrogens is 1080 g/mol. The monoisotopic (exact) mass is 1130 g/mol. The van der Waals surface area contributed by atoms with Crippen molar-refractivity contribution < 1.29 is 8.83 Å². The fourth-order valence-electron chi connectivity index (χ4n) is 16.2. The number of furan rings is 2. The lowest BCUT2D eigenvalue weighted by Gasteiger charge is -2.38. The molecular formula is C85H54N2O2. The predicted molar refractivity (Wildman–Crippen MR) is 370 cm³/mol. The van der Waals surface area contributed by atoms with Gasteiger partial charge in [-0.05, 0) is 126 Å². The Balaban J connectivity index is 0.939. The second-order valence-electron chi connectivity index (χ2n) is 24.0. The molecule has 3 aliphatic rings. The molecule has 19 rings (SSSR count). The van der Waals surface area contributed by atoms with E-state index in [4.69, 9.17) is 8.83 Å². The zero-order valence-electron chi connectivity index (χ0n) is 48.4. The smallest absolute Gasteiger partial charge is 0.159 e. The molecule has 0 bridgehead atoms. The van der Waals surface area contributed by atoms with Crippen LogP contribution in [0.2, 0.25) is 0 Å². The standard InChI is InChI=1S/C85H54N2O2/c1-3-25-53(26-4-1)56-29-13-19-43-73(56)86(75-45-23-39-67-62-35-15-21-47-78(62)88-83(67)75)55-49-50-66-69(51-55)58-31-7-9-37-64(58)81-80-65-38-10-8-34-61(65)77(52-72(80)85(82(66)81)70-41-17-11-32-59(70)60-33-12-18-42-71(60)85)87(74-44-20-14-30-57(74)54-27-5-2-6-28-54)76-46-24-40-68-63-36-16-22-48-79(63)89-84(68)76/h1-52,59,70H. The minimum absolute atomic E-state index is 0.0340. The molecule has 3 aliphatic carbocycles. The molecule has 0 fully saturated rings. The average molecular weight is 1140 g/mol. The Morgan fingerprint density at radius 1 is 0.303 bits per heavy atom. The van der Waals surface area contributed by atoms with Crippen LogP contribution in [0.1, 0.15) is 28.2 Å². The summed E-state index contributed by atoms with van der Waals surface area (Å²) in [6.45, 7) is 0. The van der Waals surface area contributed by atoms with E-state index in [-0.39, 0.29) is 11.8 Å². The molecule has 2 heterocycles. The molecule has 16 aromatic rings. The highest BCUT2D eigenvalue weighted by atomic mass is 16.3. The number of hydrogen-bond acceptors (Lipinski definition) is 4. The molecule has 0 aliphatic heterocycles. The van der Waals surface area contributed by atoms with Gasteiger partial charge in [-0.1, -0.05) is 261 Å². The summed E-state index contributed by atoms with van der Waals surface area (Å²) in [5.74, 6) is 0.158. The van der Waals surface area contributed by atoms with Crippen molar-refractivity contribution in [2.24, 2.45) is 5.92 Å². The molecule has 14 aromatic carbocycles. The highest BCUT2D eigenvalue weighted by Gasteiger charge is 2.59. The fourth-order valence-corrected chi connectivity index (χ4v) is 16.2. The van der Waals surface area contributed by atoms with Crippen molar-refractivity contribution in [3.63, 3.8) is 0 Å². The van der Waals surface area contributed by atoms with E-state index in [1.807, 2.05) is 0 Å². The first-order valence-electron chi connectivity index (χ1n) is 30.9. The highest BCUT2D eigenvalue weighted by molar-refractivity contribution is 6.25. The summed E-state index contributed by atoms with van der Waals surface area (Å²) in [4.78, 5) is 4.97. The third kappa shape index (κ3) is 7.05. The topological polar surface area (TPSA) is 32.8 Å². The van der Waals surface area contributed by atoms with Gasteiger partial charge in [-0.15, -0.1) is 0 Å². The van der Waals surface area contributed by atoms with Crippen LogP contribution in [0, 0.1) is 5.92 Å². The van der Waals surface area contributed by atoms with Crippen LogP contribution < -0.4 is 9.80 Å². The lowest BCUT2D eigenvalue weighted by Crippen LogP contribution is -2.33. The van der Waals surface area contributed by atoms with Crippen LogP contribution in [-0.4, -0.2) is 0 Å². The number of rotatable bonds is 8. The first-order valence-corrected chi connectivity index (χ1v) is 30.9. The van der Waals surface area contributed by atoms with E-state index < -0.39 is 5.41 Å². The second-order valence-corrected chi connectivity index (χ2v) is 24.0. The number of anilines is 6. The van der Waals surface area contributed by atoms with Crippen LogP contribution in [0.4, 0.5) is 34.1 Å². The molecule has 0 saturated carbocycles. The lowest BCUT2D eigenvalue weighted by molar-refractivity contribution is 0.468. The molecule has 0 saturated heterocycles. The Morgan fingerprint density at radius 3 is 1.46 bits per heavy atom. The Morgan fingerprint density at radius 2 is 0.798 bits per heavy atom. The molecule has 2 aromatic heterocycles. The lowest BCUT2D eigenvalue weighted by atomic mass is 9.64. The van der Waals surface area contributed by atoms with Gasteiger partial charge in [0.1, 0.15) is 11.2 Å². The van der Waals surface area contributed by atoms with E-state index >= 15 is 0 Å². The van der Waals surface area contributed by atoms with Crippen LogP contribution >= 0.6 is 0 Å². The molecule has 3 unspecified atom stereocenters. The van der Waals surface area contributed by atoms with E-state index in [0.29, 0.717) is 0 Å². The van der Waals surface area contributed by atoms with Gasteiger partial charge in [-0.25, -0.2) is 0 Å². The van der Waals surface area contributed by atoms with Gasteiger partial charge < -0.3 is 18.6 Å². The Hall–Kier alpha value is -11.5. The van der Waals surface area contributed by atoms with Gasteiger partial charge in [0.2, 0.25) is 0 Å². The quantitative estimate of drug-likeness (QED) is 0.142. The maximum absolute atomic E-state index is 7.09. The Kier molecular flexibility index (Phi) is 10.8. The van der Waals surface area contributed by atoms with Crippen molar-refractivity contribution in [1.29, 1.82) is 0 Å². The molecule has 1 spiro atoms. The number of fused-ring (bicyclic) bond motifs is 23. The summed E-state index contributed by atoms with van der Waals surface area (Å²) >= 11 is 0. The van der Waals surface area contributed by atoms with Crippen LogP contribution in [0.5, 0.6) is 0 Å². The van der Waals surface area contributed by atoms with Gasteiger partial charge in [0.15, 0.2) is 11.2 Å². The van der Waals surface area contributed by atoms with Crippen molar-refractivity contribution in [1.82, 2.24) is 0 Å². The maximum Gasteiger partial charge on any atom is 0.159 e. The summed E-state index contributed by atoms with van der Waals surface area (Å²) in [6.07, 6.45) is 9.57. The molecule has 4 heteroatoms. The van der Waals surface area contributed by atoms with Crippen molar-refractivity contribution >= 4 is 110 Å². The van der Waals surface area contributed by atoms with E-state index in [1.165, 1.54) is 60.3 Å². The molecule has 416 valence electrons. The molecule has 3 atom stereocenters. The predicted octanol–water partition coefficient (Wildman–Crippen LogP) is 23.4. The summed E-state index contributed by atoms with van der Waals surface area (Å²) in [6, 6.07) is 107. The van der Waals surface area contributed by atoms with Crippen LogP contribution in [0.15, 0.2) is 324 Å². The van der Waals surface area contributed by atoms with Gasteiger partial charge in [0.05, 0.1) is 33.9 Å². The first-order chi connectivity index (χ1) is 44.2. The molecule has 0 amide bonds. The van der Waals surface area contributed by atoms with Crippen molar-refractivity contribution in [2.75, 3.05) is 9.80 Å². The molecule has 0 N–H and O–H groups in total. The molecule has 0 radical (unpaired) electrons. The van der Waals surface area contributed by atoms with Crippen LogP contribution in [0.3, 0.4) is 0 Å². The van der Waals surface area contributed by atoms with E-state index in [1.54, 1.807) is 0 Å². The number of para-hydroxylation sites is 6. The van der Waals surface area contributed by atoms with Crippen LogP contribution in [0.25, 0.3) is 110 Å². The summed E-state index contributed by atoms with van der Waals surface area (Å²) in [5.41, 5.74) is 21.4. The van der Waals surface area contributed by atoms with Gasteiger partial charge in [-0.3, -0.25) is 0 Å². The fraction of sp³-hybridized carbons (Fsp3) is 0.0353. The summed E-state index contributed by atoms with van der Waals surface area (Å²) in [7, 11) is 0. The Labute approximate surface area is 514 Å². The zero-order chi connectivity index (χ0) is 58.3. The van der Waals surface area contributed by atoms with Crippen LogP contribution in [-0.2, 0) is 5.41 Å². The normalized spacial score (nSPS) is 16.3. The van der Waals surface area contributed by atoms with E-state index in [9.17, 15) is 0 Å². The highest BCUT2D eigenvalue weighted by Crippen LogP contribution is 2.69. The number of benzene rings is 14. The van der Waals surface area contributed by atoms with E-state index in [0.717, 1.165) is 106 Å². The summed E-state index contributed by atoms with van der Waals surface area (Å²) in [5, 5.41) is 11.6. The maximum atomic E-state index is 7.09. The number of nitrogens with zero attached hydrogens (tertiary/aromatic N) is 2. The number of hydrogen-bond donors (Lipinski definition) is 0. The van der Waals surface area contributed by atoms with Gasteiger partial charge in [0, 0.05) is 55.6 Å². The third-order valence-electron chi connectivity index (χ3n) is 19.7. The minimum Gasteiger partial charge on any atom is -0.454 e. The molecule has 89 heavy (non-hydrogen) atoms. The van der Waals surface area contributed by atoms with Crippen molar-refractivity contribution in [3.05, 3.63) is 338 Å². The molecule has 4 nitrogen and oxygen atoms in total. The number of allylic oxidation sites excluding steroid dienone is 4.